The van der Waals surface area contributed by atoms with Gasteiger partial charge in [-0.05, 0) is 18.7 Å². The molecule has 1 unspecified atom stereocenters. The van der Waals surface area contributed by atoms with E-state index in [1.807, 2.05) is 0 Å². The van der Waals surface area contributed by atoms with Gasteiger partial charge in [-0.25, -0.2) is 4.79 Å². The van der Waals surface area contributed by atoms with Crippen molar-refractivity contribution in [3.05, 3.63) is 50.7 Å². The van der Waals surface area contributed by atoms with E-state index < -0.39 is 18.1 Å². The fraction of sp³-hybridized carbons (Fsp3) is 0.353. The van der Waals surface area contributed by atoms with Crippen LogP contribution < -0.4 is 5.32 Å². The Morgan fingerprint density at radius 2 is 1.88 bits per heavy atom. The first kappa shape index (κ1) is 21.3. The summed E-state index contributed by atoms with van der Waals surface area (Å²) in [6.07, 6.45) is 6.02. The Labute approximate surface area is 142 Å². The zero-order valence-electron chi connectivity index (χ0n) is 13.7. The fourth-order valence-electron chi connectivity index (χ4n) is 1.60. The summed E-state index contributed by atoms with van der Waals surface area (Å²) in [5, 5.41) is 2.27. The van der Waals surface area contributed by atoms with E-state index in [2.05, 4.69) is 31.6 Å². The molecule has 132 valence electrons. The minimum atomic E-state index is -1.16. The van der Waals surface area contributed by atoms with E-state index in [0.717, 1.165) is 19.0 Å². The van der Waals surface area contributed by atoms with Crippen LogP contribution in [0.25, 0.3) is 0 Å². The number of nitrogens with zero attached hydrogens (tertiary/aromatic N) is 1. The van der Waals surface area contributed by atoms with Crippen LogP contribution in [0.1, 0.15) is 12.8 Å². The number of carbonyl (C=O) groups is 3. The Morgan fingerprint density at radius 3 is 2.29 bits per heavy atom. The Bertz CT molecular complexity index is 487. The molecule has 1 N–H and O–H groups in total. The lowest BCUT2D eigenvalue weighted by molar-refractivity contribution is -0.159. The molecule has 1 fully saturated rings. The highest BCUT2D eigenvalue weighted by atomic mass is 16.6. The molecule has 1 aliphatic rings. The summed E-state index contributed by atoms with van der Waals surface area (Å²) < 4.78 is 9.75. The Balaban J connectivity index is 0.000000546. The van der Waals surface area contributed by atoms with Gasteiger partial charge in [-0.2, -0.15) is 0 Å². The normalized spacial score (nSPS) is 13.8. The Kier molecular flexibility index (Phi) is 11.4. The second kappa shape index (κ2) is 12.8. The number of amides is 2. The van der Waals surface area contributed by atoms with Crippen molar-refractivity contribution in [2.45, 2.75) is 19.1 Å². The number of rotatable bonds is 9. The summed E-state index contributed by atoms with van der Waals surface area (Å²) in [7, 11) is 0. The molecule has 7 heteroatoms. The quantitative estimate of drug-likeness (QED) is 0.297. The number of carbonyl (C=O) groups excluding carboxylic acids is 3. The average Bonchev–Trinajstić information content (AvgIpc) is 3.01. The molecule has 1 rings (SSSR count). The van der Waals surface area contributed by atoms with Crippen molar-refractivity contribution in [2.24, 2.45) is 0 Å². The Morgan fingerprint density at radius 1 is 1.21 bits per heavy atom. The highest BCUT2D eigenvalue weighted by Gasteiger charge is 2.21. The van der Waals surface area contributed by atoms with Crippen molar-refractivity contribution in [3.8, 4) is 0 Å². The van der Waals surface area contributed by atoms with E-state index in [0.29, 0.717) is 6.42 Å². The molecule has 1 saturated heterocycles. The molecule has 0 aliphatic carbocycles. The second-order valence-electron chi connectivity index (χ2n) is 4.51. The maximum absolute atomic E-state index is 11.4. The maximum Gasteiger partial charge on any atom is 0.356 e. The molecule has 0 spiro atoms. The van der Waals surface area contributed by atoms with Crippen molar-refractivity contribution >= 4 is 17.8 Å². The number of hydrogen-bond donors (Lipinski definition) is 1. The number of hydrogen-bond acceptors (Lipinski definition) is 5. The SMILES string of the molecule is C=CCOC(=O)C(NC(=O)C=C)OCC=C.C=CN1CCCC1=O. The van der Waals surface area contributed by atoms with E-state index >= 15 is 0 Å². The third-order valence-corrected chi connectivity index (χ3v) is 2.73. The lowest BCUT2D eigenvalue weighted by atomic mass is 10.4. The van der Waals surface area contributed by atoms with E-state index in [-0.39, 0.29) is 19.1 Å². The predicted molar refractivity (Wildman–Crippen MR) is 90.6 cm³/mol. The molecule has 24 heavy (non-hydrogen) atoms. The van der Waals surface area contributed by atoms with Gasteiger partial charge in [0, 0.05) is 13.0 Å². The van der Waals surface area contributed by atoms with E-state index in [9.17, 15) is 14.4 Å². The van der Waals surface area contributed by atoms with Gasteiger partial charge in [-0.1, -0.05) is 31.9 Å². The molecular weight excluding hydrogens is 312 g/mol. The van der Waals surface area contributed by atoms with Crippen LogP contribution in [0.15, 0.2) is 50.7 Å². The van der Waals surface area contributed by atoms with Crippen molar-refractivity contribution in [3.63, 3.8) is 0 Å². The molecule has 0 saturated carbocycles. The highest BCUT2D eigenvalue weighted by Crippen LogP contribution is 2.08. The van der Waals surface area contributed by atoms with E-state index in [4.69, 9.17) is 9.47 Å². The summed E-state index contributed by atoms with van der Waals surface area (Å²) >= 11 is 0. The average molecular weight is 336 g/mol. The summed E-state index contributed by atoms with van der Waals surface area (Å²) in [6, 6.07) is 0. The third-order valence-electron chi connectivity index (χ3n) is 2.73. The van der Waals surface area contributed by atoms with Crippen LogP contribution in [0.5, 0.6) is 0 Å². The van der Waals surface area contributed by atoms with Gasteiger partial charge in [-0.15, -0.1) is 6.58 Å². The van der Waals surface area contributed by atoms with E-state index in [1.165, 1.54) is 12.2 Å². The largest absolute Gasteiger partial charge is 0.458 e. The summed E-state index contributed by atoms with van der Waals surface area (Å²) in [5.74, 6) is -1.01. The van der Waals surface area contributed by atoms with Crippen LogP contribution in [0.4, 0.5) is 0 Å². The molecule has 1 heterocycles. The summed E-state index contributed by atoms with van der Waals surface area (Å²) in [6.45, 7) is 14.6. The molecule has 0 aromatic carbocycles. The third kappa shape index (κ3) is 8.70. The molecule has 0 aromatic heterocycles. The first-order valence-corrected chi connectivity index (χ1v) is 7.35. The topological polar surface area (TPSA) is 84.9 Å². The first-order chi connectivity index (χ1) is 11.5. The van der Waals surface area contributed by atoms with Crippen LogP contribution in [0.3, 0.4) is 0 Å². The van der Waals surface area contributed by atoms with Gasteiger partial charge in [0.2, 0.25) is 18.0 Å². The smallest absolute Gasteiger partial charge is 0.356 e. The van der Waals surface area contributed by atoms with Crippen molar-refractivity contribution < 1.29 is 23.9 Å². The van der Waals surface area contributed by atoms with Crippen LogP contribution >= 0.6 is 0 Å². The van der Waals surface area contributed by atoms with Crippen molar-refractivity contribution in [2.75, 3.05) is 19.8 Å². The van der Waals surface area contributed by atoms with Gasteiger partial charge in [-0.3, -0.25) is 9.59 Å². The molecule has 1 aliphatic heterocycles. The van der Waals surface area contributed by atoms with E-state index in [1.54, 1.807) is 11.1 Å². The standard InChI is InChI=1S/C11H15NO4.C6H9NO/c1-4-7-15-10(12-9(13)6-3)11(14)16-8-5-2;1-2-7-5-3-4-6(7)8/h4-6,10H,1-3,7-8H2,(H,12,13);2H,1,3-5H2. The van der Waals surface area contributed by atoms with Crippen LogP contribution in [-0.4, -0.2) is 48.7 Å². The fourth-order valence-corrected chi connectivity index (χ4v) is 1.60. The molecule has 0 aromatic rings. The number of nitrogens with one attached hydrogen (secondary N) is 1. The lowest BCUT2D eigenvalue weighted by Crippen LogP contribution is -2.43. The minimum Gasteiger partial charge on any atom is -0.458 e. The zero-order valence-corrected chi connectivity index (χ0v) is 13.7. The van der Waals surface area contributed by atoms with Gasteiger partial charge in [0.25, 0.3) is 0 Å². The number of esters is 1. The van der Waals surface area contributed by atoms with Gasteiger partial charge < -0.3 is 19.7 Å². The van der Waals surface area contributed by atoms with Crippen LogP contribution in [0, 0.1) is 0 Å². The summed E-state index contributed by atoms with van der Waals surface area (Å²) in [4.78, 5) is 34.7. The van der Waals surface area contributed by atoms with Crippen molar-refractivity contribution in [1.82, 2.24) is 10.2 Å². The van der Waals surface area contributed by atoms with Gasteiger partial charge in [0.15, 0.2) is 0 Å². The second-order valence-corrected chi connectivity index (χ2v) is 4.51. The monoisotopic (exact) mass is 336 g/mol. The van der Waals surface area contributed by atoms with Gasteiger partial charge in [0.1, 0.15) is 6.61 Å². The maximum atomic E-state index is 11.4. The Hall–Kier alpha value is -2.67. The molecule has 0 bridgehead atoms. The molecule has 1 atom stereocenters. The number of ether oxygens (including phenoxy) is 2. The highest BCUT2D eigenvalue weighted by molar-refractivity contribution is 5.90. The molecule has 7 nitrogen and oxygen atoms in total. The van der Waals surface area contributed by atoms with Crippen LogP contribution in [-0.2, 0) is 23.9 Å². The van der Waals surface area contributed by atoms with Crippen molar-refractivity contribution in [1.29, 1.82) is 0 Å². The molecule has 0 radical (unpaired) electrons. The minimum absolute atomic E-state index is 0.0523. The first-order valence-electron chi connectivity index (χ1n) is 7.35. The number of likely N-dealkylation sites (tertiary alicyclic amines) is 1. The van der Waals surface area contributed by atoms with Crippen LogP contribution in [0.2, 0.25) is 0 Å². The predicted octanol–water partition coefficient (Wildman–Crippen LogP) is 1.30. The molecular formula is C17H24N2O5. The lowest BCUT2D eigenvalue weighted by Gasteiger charge is -2.15. The zero-order chi connectivity index (χ0) is 18.4. The summed E-state index contributed by atoms with van der Waals surface area (Å²) in [5.41, 5.74) is 0. The van der Waals surface area contributed by atoms with Gasteiger partial charge in [0.05, 0.1) is 6.61 Å². The molecule has 2 amide bonds. The van der Waals surface area contributed by atoms with Gasteiger partial charge >= 0.3 is 5.97 Å².